The van der Waals surface area contributed by atoms with E-state index in [1.165, 1.54) is 4.68 Å². The lowest BCUT2D eigenvalue weighted by molar-refractivity contribution is 0.470. The Labute approximate surface area is 121 Å². The number of rotatable bonds is 3. The van der Waals surface area contributed by atoms with Crippen molar-refractivity contribution in [3.8, 4) is 11.8 Å². The Bertz CT molecular complexity index is 683. The van der Waals surface area contributed by atoms with Crippen LogP contribution >= 0.6 is 11.6 Å². The first-order chi connectivity index (χ1) is 9.70. The van der Waals surface area contributed by atoms with E-state index in [0.717, 1.165) is 13.1 Å². The fourth-order valence-electron chi connectivity index (χ4n) is 2.03. The molecule has 0 unspecified atom stereocenters. The molecular formula is C13H13ClN6. The van der Waals surface area contributed by atoms with Gasteiger partial charge in [0.05, 0.1) is 16.8 Å². The Morgan fingerprint density at radius 2 is 2.20 bits per heavy atom. The van der Waals surface area contributed by atoms with Gasteiger partial charge in [0, 0.05) is 13.1 Å². The largest absolute Gasteiger partial charge is 0.382 e. The lowest BCUT2D eigenvalue weighted by Crippen LogP contribution is -2.51. The van der Waals surface area contributed by atoms with Crippen LogP contribution < -0.4 is 16.4 Å². The molecule has 1 saturated heterocycles. The van der Waals surface area contributed by atoms with Crippen LogP contribution in [0.1, 0.15) is 5.56 Å². The topological polar surface area (TPSA) is 91.7 Å². The van der Waals surface area contributed by atoms with Gasteiger partial charge in [0.2, 0.25) is 0 Å². The molecule has 1 aliphatic rings. The standard InChI is InChI=1S/C13H13ClN6/c14-10-3-1-2-4-11(10)20-12(16)9(5-15)13(19-20)18-8-6-17-7-8/h1-4,8,17H,6-7,16H2,(H,18,19). The number of nitrogen functional groups attached to an aromatic ring is 1. The molecule has 3 rings (SSSR count). The zero-order chi connectivity index (χ0) is 14.1. The van der Waals surface area contributed by atoms with Gasteiger partial charge < -0.3 is 16.4 Å². The van der Waals surface area contributed by atoms with Crippen molar-refractivity contribution in [2.75, 3.05) is 24.1 Å². The van der Waals surface area contributed by atoms with E-state index in [9.17, 15) is 5.26 Å². The SMILES string of the molecule is N#Cc1c(NC2CNC2)nn(-c2ccccc2Cl)c1N. The molecule has 6 nitrogen and oxygen atoms in total. The molecule has 0 aliphatic carbocycles. The summed E-state index contributed by atoms with van der Waals surface area (Å²) in [5.41, 5.74) is 7.01. The predicted molar refractivity (Wildman–Crippen MR) is 78.0 cm³/mol. The first kappa shape index (κ1) is 12.8. The Balaban J connectivity index is 2.04. The van der Waals surface area contributed by atoms with E-state index in [0.29, 0.717) is 22.1 Å². The van der Waals surface area contributed by atoms with Crippen molar-refractivity contribution in [3.63, 3.8) is 0 Å². The minimum Gasteiger partial charge on any atom is -0.382 e. The van der Waals surface area contributed by atoms with E-state index in [2.05, 4.69) is 21.8 Å². The van der Waals surface area contributed by atoms with E-state index < -0.39 is 0 Å². The van der Waals surface area contributed by atoms with Crippen molar-refractivity contribution in [2.24, 2.45) is 0 Å². The number of hydrogen-bond acceptors (Lipinski definition) is 5. The normalized spacial score (nSPS) is 14.6. The highest BCUT2D eigenvalue weighted by Crippen LogP contribution is 2.28. The smallest absolute Gasteiger partial charge is 0.169 e. The highest BCUT2D eigenvalue weighted by atomic mass is 35.5. The molecule has 0 spiro atoms. The molecule has 1 aromatic heterocycles. The zero-order valence-corrected chi connectivity index (χ0v) is 11.4. The third-order valence-electron chi connectivity index (χ3n) is 3.24. The van der Waals surface area contributed by atoms with Crippen LogP contribution in [-0.4, -0.2) is 28.9 Å². The third kappa shape index (κ3) is 2.07. The van der Waals surface area contributed by atoms with Crippen LogP contribution in [0.15, 0.2) is 24.3 Å². The Morgan fingerprint density at radius 3 is 2.80 bits per heavy atom. The maximum atomic E-state index is 9.26. The van der Waals surface area contributed by atoms with Crippen LogP contribution in [-0.2, 0) is 0 Å². The Morgan fingerprint density at radius 1 is 1.45 bits per heavy atom. The van der Waals surface area contributed by atoms with E-state index in [1.54, 1.807) is 6.07 Å². The highest BCUT2D eigenvalue weighted by Gasteiger charge is 2.23. The molecule has 20 heavy (non-hydrogen) atoms. The molecule has 1 aliphatic heterocycles. The molecule has 1 aromatic carbocycles. The molecule has 0 amide bonds. The van der Waals surface area contributed by atoms with Crippen LogP contribution in [0.2, 0.25) is 5.02 Å². The summed E-state index contributed by atoms with van der Waals surface area (Å²) in [7, 11) is 0. The Hall–Kier alpha value is -2.23. The van der Waals surface area contributed by atoms with Crippen molar-refractivity contribution in [1.82, 2.24) is 15.1 Å². The molecule has 0 atom stereocenters. The number of hydrogen-bond donors (Lipinski definition) is 3. The van der Waals surface area contributed by atoms with Crippen molar-refractivity contribution in [3.05, 3.63) is 34.9 Å². The van der Waals surface area contributed by atoms with Crippen molar-refractivity contribution >= 4 is 23.2 Å². The second-order valence-corrected chi connectivity index (χ2v) is 4.99. The minimum absolute atomic E-state index is 0.274. The molecule has 2 aromatic rings. The second-order valence-electron chi connectivity index (χ2n) is 4.58. The molecule has 1 fully saturated rings. The third-order valence-corrected chi connectivity index (χ3v) is 3.56. The summed E-state index contributed by atoms with van der Waals surface area (Å²) in [5, 5.41) is 20.5. The van der Waals surface area contributed by atoms with E-state index in [-0.39, 0.29) is 11.9 Å². The first-order valence-corrected chi connectivity index (χ1v) is 6.59. The number of anilines is 2. The highest BCUT2D eigenvalue weighted by molar-refractivity contribution is 6.32. The average Bonchev–Trinajstić information content (AvgIpc) is 2.71. The summed E-state index contributed by atoms with van der Waals surface area (Å²) in [5.74, 6) is 0.784. The van der Waals surface area contributed by atoms with Crippen molar-refractivity contribution < 1.29 is 0 Å². The van der Waals surface area contributed by atoms with Gasteiger partial charge in [-0.15, -0.1) is 5.10 Å². The maximum absolute atomic E-state index is 9.26. The molecule has 0 radical (unpaired) electrons. The summed E-state index contributed by atoms with van der Waals surface area (Å²) in [6, 6.07) is 9.60. The summed E-state index contributed by atoms with van der Waals surface area (Å²) in [6.07, 6.45) is 0. The Kier molecular flexibility index (Phi) is 3.22. The molecule has 0 saturated carbocycles. The molecule has 7 heteroatoms. The number of nitrogens with zero attached hydrogens (tertiary/aromatic N) is 3. The summed E-state index contributed by atoms with van der Waals surface area (Å²) >= 11 is 6.15. The van der Waals surface area contributed by atoms with Gasteiger partial charge in [-0.25, -0.2) is 4.68 Å². The molecule has 0 bridgehead atoms. The number of nitrogens with one attached hydrogen (secondary N) is 2. The van der Waals surface area contributed by atoms with E-state index in [4.69, 9.17) is 17.3 Å². The lowest BCUT2D eigenvalue weighted by atomic mass is 10.2. The molecule has 2 heterocycles. The number of aromatic nitrogens is 2. The molecule has 4 N–H and O–H groups in total. The zero-order valence-electron chi connectivity index (χ0n) is 10.6. The van der Waals surface area contributed by atoms with Gasteiger partial charge >= 0.3 is 0 Å². The molecular weight excluding hydrogens is 276 g/mol. The van der Waals surface area contributed by atoms with Crippen LogP contribution in [0.4, 0.5) is 11.6 Å². The maximum Gasteiger partial charge on any atom is 0.169 e. The summed E-state index contributed by atoms with van der Waals surface area (Å²) in [6.45, 7) is 1.70. The fourth-order valence-corrected chi connectivity index (χ4v) is 2.25. The van der Waals surface area contributed by atoms with Gasteiger partial charge in [-0.2, -0.15) is 5.26 Å². The molecule has 102 valence electrons. The van der Waals surface area contributed by atoms with Crippen LogP contribution in [0.25, 0.3) is 5.69 Å². The second kappa shape index (κ2) is 5.04. The average molecular weight is 289 g/mol. The monoisotopic (exact) mass is 288 g/mol. The number of nitriles is 1. The first-order valence-electron chi connectivity index (χ1n) is 6.21. The quantitative estimate of drug-likeness (QED) is 0.793. The van der Waals surface area contributed by atoms with Gasteiger partial charge in [0.15, 0.2) is 5.82 Å². The van der Waals surface area contributed by atoms with Gasteiger partial charge in [-0.1, -0.05) is 23.7 Å². The predicted octanol–water partition coefficient (Wildman–Crippen LogP) is 1.36. The van der Waals surface area contributed by atoms with E-state index in [1.807, 2.05) is 18.2 Å². The van der Waals surface area contributed by atoms with Gasteiger partial charge in [0.25, 0.3) is 0 Å². The number of benzene rings is 1. The number of nitrogens with two attached hydrogens (primary N) is 1. The van der Waals surface area contributed by atoms with Crippen molar-refractivity contribution in [2.45, 2.75) is 6.04 Å². The van der Waals surface area contributed by atoms with Crippen molar-refractivity contribution in [1.29, 1.82) is 5.26 Å². The minimum atomic E-state index is 0.274. The van der Waals surface area contributed by atoms with Gasteiger partial charge in [0.1, 0.15) is 17.5 Å². The van der Waals surface area contributed by atoms with Crippen LogP contribution in [0, 0.1) is 11.3 Å². The summed E-state index contributed by atoms with van der Waals surface area (Å²) < 4.78 is 1.50. The van der Waals surface area contributed by atoms with E-state index >= 15 is 0 Å². The van der Waals surface area contributed by atoms with Gasteiger partial charge in [-0.3, -0.25) is 0 Å². The lowest BCUT2D eigenvalue weighted by Gasteiger charge is -2.27. The van der Waals surface area contributed by atoms with Crippen LogP contribution in [0.5, 0.6) is 0 Å². The van der Waals surface area contributed by atoms with Gasteiger partial charge in [-0.05, 0) is 12.1 Å². The number of halogens is 1. The van der Waals surface area contributed by atoms with Crippen LogP contribution in [0.3, 0.4) is 0 Å². The fraction of sp³-hybridized carbons (Fsp3) is 0.231. The summed E-state index contributed by atoms with van der Waals surface area (Å²) in [4.78, 5) is 0. The number of para-hydroxylation sites is 1.